The highest BCUT2D eigenvalue weighted by molar-refractivity contribution is 9.10. The topological polar surface area (TPSA) is 131 Å². The lowest BCUT2D eigenvalue weighted by atomic mass is 10.1. The molecule has 0 amide bonds. The number of oxime groups is 2. The van der Waals surface area contributed by atoms with Gasteiger partial charge in [-0.25, -0.2) is 17.8 Å². The number of rotatable bonds is 7. The normalized spacial score (nSPS) is 19.6. The molecule has 0 saturated carbocycles. The summed E-state index contributed by atoms with van der Waals surface area (Å²) >= 11 is 10.3. The van der Waals surface area contributed by atoms with E-state index in [9.17, 15) is 52.3 Å². The molecule has 0 radical (unpaired) electrons. The quantitative estimate of drug-likeness (QED) is 0.200. The number of hydrogen-bond acceptors (Lipinski definition) is 11. The van der Waals surface area contributed by atoms with Crippen molar-refractivity contribution in [2.24, 2.45) is 24.4 Å². The van der Waals surface area contributed by atoms with Crippen LogP contribution in [0.2, 0.25) is 0 Å². The van der Waals surface area contributed by atoms with Crippen LogP contribution in [0.1, 0.15) is 50.2 Å². The molecule has 12 nitrogen and oxygen atoms in total. The lowest BCUT2D eigenvalue weighted by Gasteiger charge is -2.19. The molecule has 27 heteroatoms. The zero-order valence-electron chi connectivity index (χ0n) is 27.6. The van der Waals surface area contributed by atoms with E-state index in [2.05, 4.69) is 77.8 Å². The summed E-state index contributed by atoms with van der Waals surface area (Å²) in [6, 6.07) is 0. The molecule has 2 aromatic heterocycles. The van der Waals surface area contributed by atoms with Gasteiger partial charge < -0.3 is 19.1 Å². The number of aromatic nitrogens is 4. The van der Waals surface area contributed by atoms with Gasteiger partial charge in [-0.2, -0.15) is 54.1 Å². The molecule has 0 fully saturated rings. The minimum absolute atomic E-state index is 0.0625. The molecule has 0 aromatic carbocycles. The number of alkyl halides is 13. The van der Waals surface area contributed by atoms with E-state index >= 15 is 0 Å². The summed E-state index contributed by atoms with van der Waals surface area (Å²) in [6.45, 7) is 0.581. The molecule has 2 aromatic rings. The number of sulfone groups is 1. The second-order valence-electron chi connectivity index (χ2n) is 11.4. The molecule has 298 valence electrons. The van der Waals surface area contributed by atoms with Gasteiger partial charge >= 0.3 is 25.6 Å². The average molecular weight is 1000 g/mol. The number of nitrogens with zero attached hydrogens (tertiary/aromatic N) is 6. The monoisotopic (exact) mass is 1000 g/mol. The first-order chi connectivity index (χ1) is 23.5. The zero-order chi connectivity index (χ0) is 40.4. The van der Waals surface area contributed by atoms with Crippen molar-refractivity contribution in [2.45, 2.75) is 85.2 Å². The van der Waals surface area contributed by atoms with Crippen molar-refractivity contribution < 1.29 is 71.5 Å². The maximum Gasteiger partial charge on any atom is 0.435 e. The third-order valence-corrected chi connectivity index (χ3v) is 12.7. The molecule has 0 saturated heterocycles. The van der Waals surface area contributed by atoms with E-state index in [0.29, 0.717) is 14.4 Å². The molecule has 0 aliphatic carbocycles. The highest BCUT2D eigenvalue weighted by Gasteiger charge is 2.45. The van der Waals surface area contributed by atoms with Crippen LogP contribution in [0, 0.1) is 0 Å². The molecule has 0 N–H and O–H groups in total. The van der Waals surface area contributed by atoms with Crippen LogP contribution < -0.4 is 9.47 Å². The molecule has 52 heavy (non-hydrogen) atoms. The Hall–Kier alpha value is -2.00. The fraction of sp³-hybridized carbons (Fsp3) is 0.680. The van der Waals surface area contributed by atoms with E-state index in [4.69, 9.17) is 9.68 Å². The fourth-order valence-electron chi connectivity index (χ4n) is 3.88. The van der Waals surface area contributed by atoms with E-state index in [1.54, 1.807) is 27.7 Å². The maximum absolute atomic E-state index is 13.1. The van der Waals surface area contributed by atoms with Crippen LogP contribution in [-0.2, 0) is 57.0 Å². The Bertz CT molecular complexity index is 1730. The van der Waals surface area contributed by atoms with Crippen LogP contribution in [-0.4, -0.2) is 78.4 Å². The van der Waals surface area contributed by atoms with Gasteiger partial charge in [0.1, 0.15) is 14.7 Å². The summed E-state index contributed by atoms with van der Waals surface area (Å²) in [7, 11) is -1.04. The van der Waals surface area contributed by atoms with Gasteiger partial charge in [0.15, 0.2) is 37.5 Å². The van der Waals surface area contributed by atoms with Crippen LogP contribution in [0.25, 0.3) is 0 Å². The second-order valence-corrected chi connectivity index (χ2v) is 16.8. The highest BCUT2D eigenvalue weighted by atomic mass is 79.9. The Morgan fingerprint density at radius 2 is 1.21 bits per heavy atom. The van der Waals surface area contributed by atoms with Gasteiger partial charge in [-0.05, 0) is 27.7 Å². The summed E-state index contributed by atoms with van der Waals surface area (Å²) < 4.78 is 157. The number of thioether (sulfide) groups is 1. The van der Waals surface area contributed by atoms with E-state index in [1.807, 2.05) is 0 Å². The van der Waals surface area contributed by atoms with Gasteiger partial charge in [0.25, 0.3) is 0 Å². The standard InChI is InChI=1S/C12H13BrF5N3O2S.C7H6BrF5N2O.C6H10BrNO3S/c1-11(2)6(13)8(20-23-11)24-4-5-7(12(16,17)18)19-21(3)9(5)22-10(14)15;1-15-5(16-6(9)10)3(2-8)4(14-15)7(11,12)13;1-6(2)4(7)5(8-11-6)12(3,9)10/h6,10H,4H2,1-3H3;6H,2H2,1H3;4H,1-3H3. The SMILES string of the molecule is CC1(C)ON=C(S(C)(=O)=O)C1Br.Cn1nc(C(F)(F)F)c(CBr)c1OC(F)F.Cn1nc(C(F)(F)F)c(CSC2=NOC(C)(C)C2Br)c1OC(F)F. The van der Waals surface area contributed by atoms with Crippen LogP contribution >= 0.6 is 59.6 Å². The predicted molar refractivity (Wildman–Crippen MR) is 179 cm³/mol. The van der Waals surface area contributed by atoms with Gasteiger partial charge in [0.2, 0.25) is 11.8 Å². The van der Waals surface area contributed by atoms with E-state index in [-0.39, 0.29) is 25.8 Å². The number of halogens is 13. The first-order valence-corrected chi connectivity index (χ1v) is 19.6. The van der Waals surface area contributed by atoms with Crippen molar-refractivity contribution in [3.63, 3.8) is 0 Å². The third-order valence-electron chi connectivity index (χ3n) is 6.39. The van der Waals surface area contributed by atoms with E-state index < -0.39 is 80.9 Å². The average Bonchev–Trinajstić information content (AvgIpc) is 3.64. The molecule has 4 rings (SSSR count). The molecular formula is C25H29Br3F10N6O6S2. The molecule has 2 aliphatic heterocycles. The molecule has 2 unspecified atom stereocenters. The number of ether oxygens (including phenoxy) is 2. The lowest BCUT2D eigenvalue weighted by molar-refractivity contribution is -0.142. The Labute approximate surface area is 319 Å². The van der Waals surface area contributed by atoms with Crippen molar-refractivity contribution in [2.75, 3.05) is 6.26 Å². The van der Waals surface area contributed by atoms with Gasteiger partial charge in [-0.1, -0.05) is 58.1 Å². The summed E-state index contributed by atoms with van der Waals surface area (Å²) in [6.07, 6.45) is -8.38. The highest BCUT2D eigenvalue weighted by Crippen LogP contribution is 2.41. The Kier molecular flexibility index (Phi) is 15.3. The van der Waals surface area contributed by atoms with Crippen molar-refractivity contribution in [1.82, 2.24) is 19.6 Å². The van der Waals surface area contributed by atoms with Crippen molar-refractivity contribution in [1.29, 1.82) is 0 Å². The molecule has 2 aliphatic rings. The molecule has 2 atom stereocenters. The number of aryl methyl sites for hydroxylation is 2. The van der Waals surface area contributed by atoms with Gasteiger partial charge in [-0.3, -0.25) is 0 Å². The van der Waals surface area contributed by atoms with Gasteiger partial charge in [0, 0.05) is 31.4 Å². The molecule has 4 heterocycles. The Morgan fingerprint density at radius 1 is 0.808 bits per heavy atom. The van der Waals surface area contributed by atoms with Crippen molar-refractivity contribution in [3.8, 4) is 11.8 Å². The predicted octanol–water partition coefficient (Wildman–Crippen LogP) is 8.01. The minimum atomic E-state index is -4.79. The van der Waals surface area contributed by atoms with Gasteiger partial charge in [0.05, 0.1) is 11.1 Å². The molecule has 0 spiro atoms. The second kappa shape index (κ2) is 17.2. The smallest absolute Gasteiger partial charge is 0.417 e. The lowest BCUT2D eigenvalue weighted by Crippen LogP contribution is -2.35. The summed E-state index contributed by atoms with van der Waals surface area (Å²) in [5.74, 6) is -1.53. The van der Waals surface area contributed by atoms with E-state index in [0.717, 1.165) is 32.1 Å². The van der Waals surface area contributed by atoms with Gasteiger partial charge in [-0.15, -0.1) is 11.8 Å². The first kappa shape index (κ1) is 46.2. The number of hydrogen-bond donors (Lipinski definition) is 0. The Morgan fingerprint density at radius 3 is 1.52 bits per heavy atom. The molecule has 0 bridgehead atoms. The summed E-state index contributed by atoms with van der Waals surface area (Å²) in [5.41, 5.74) is -4.66. The van der Waals surface area contributed by atoms with Crippen LogP contribution in [0.3, 0.4) is 0 Å². The van der Waals surface area contributed by atoms with Crippen molar-refractivity contribution >= 4 is 79.5 Å². The first-order valence-electron chi connectivity index (χ1n) is 13.8. The van der Waals surface area contributed by atoms with E-state index in [1.165, 1.54) is 0 Å². The maximum atomic E-state index is 13.1. The summed E-state index contributed by atoms with van der Waals surface area (Å²) in [4.78, 5) is 9.44. The van der Waals surface area contributed by atoms with Crippen molar-refractivity contribution in [3.05, 3.63) is 22.5 Å². The zero-order valence-corrected chi connectivity index (χ0v) is 34.0. The minimum Gasteiger partial charge on any atom is -0.417 e. The van der Waals surface area contributed by atoms with Crippen LogP contribution in [0.4, 0.5) is 43.9 Å². The van der Waals surface area contributed by atoms with Crippen LogP contribution in [0.15, 0.2) is 10.3 Å². The largest absolute Gasteiger partial charge is 0.435 e. The Balaban J connectivity index is 0.000000289. The molecular weight excluding hydrogens is 974 g/mol. The van der Waals surface area contributed by atoms with Crippen LogP contribution in [0.5, 0.6) is 11.8 Å². The summed E-state index contributed by atoms with van der Waals surface area (Å²) in [5, 5.41) is 13.9. The fourth-order valence-corrected chi connectivity index (χ4v) is 8.04. The third kappa shape index (κ3) is 11.7.